The Labute approximate surface area is 113 Å². The molecular weight excluding hydrogens is 242 g/mol. The maximum atomic E-state index is 12.0. The number of hydrogen-bond donors (Lipinski definition) is 3. The number of nitrogens with one attached hydrogen (secondary N) is 3. The van der Waals surface area contributed by atoms with E-state index in [1.807, 2.05) is 13.0 Å². The molecule has 5 nitrogen and oxygen atoms in total. The van der Waals surface area contributed by atoms with Gasteiger partial charge in [0.05, 0.1) is 5.54 Å². The number of carbonyl (C=O) groups is 2. The second-order valence-electron chi connectivity index (χ2n) is 5.04. The lowest BCUT2D eigenvalue weighted by molar-refractivity contribution is -0.121. The molecule has 0 aliphatic carbocycles. The van der Waals surface area contributed by atoms with Crippen molar-refractivity contribution < 1.29 is 9.59 Å². The third-order valence-corrected chi connectivity index (χ3v) is 2.99. The van der Waals surface area contributed by atoms with E-state index in [1.165, 1.54) is 6.92 Å². The summed E-state index contributed by atoms with van der Waals surface area (Å²) in [6.45, 7) is 6.95. The molecule has 0 aromatic heterocycles. The lowest BCUT2D eigenvalue weighted by atomic mass is 10.0. The van der Waals surface area contributed by atoms with E-state index < -0.39 is 5.54 Å². The Morgan fingerprint density at radius 2 is 1.79 bits per heavy atom. The molecule has 0 fully saturated rings. The van der Waals surface area contributed by atoms with E-state index >= 15 is 0 Å². The van der Waals surface area contributed by atoms with Gasteiger partial charge in [0.15, 0.2) is 0 Å². The summed E-state index contributed by atoms with van der Waals surface area (Å²) in [5.74, 6) is -0.224. The first-order chi connectivity index (χ1) is 8.76. The summed E-state index contributed by atoms with van der Waals surface area (Å²) in [6.07, 6.45) is 0. The summed E-state index contributed by atoms with van der Waals surface area (Å²) >= 11 is 0. The van der Waals surface area contributed by atoms with E-state index in [0.29, 0.717) is 5.69 Å². The van der Waals surface area contributed by atoms with E-state index in [4.69, 9.17) is 0 Å². The van der Waals surface area contributed by atoms with Crippen LogP contribution in [0.5, 0.6) is 0 Å². The van der Waals surface area contributed by atoms with Crippen molar-refractivity contribution in [3.8, 4) is 0 Å². The number of anilines is 2. The van der Waals surface area contributed by atoms with Crippen LogP contribution in [0.25, 0.3) is 0 Å². The van der Waals surface area contributed by atoms with Gasteiger partial charge in [0.25, 0.3) is 0 Å². The number of amides is 2. The molecule has 104 valence electrons. The molecule has 3 N–H and O–H groups in total. The van der Waals surface area contributed by atoms with Crippen molar-refractivity contribution in [3.05, 3.63) is 23.8 Å². The molecule has 1 aromatic carbocycles. The van der Waals surface area contributed by atoms with Crippen LogP contribution in [0.4, 0.5) is 11.4 Å². The molecule has 0 spiro atoms. The first-order valence-electron chi connectivity index (χ1n) is 6.15. The fourth-order valence-corrected chi connectivity index (χ4v) is 1.47. The second-order valence-corrected chi connectivity index (χ2v) is 5.04. The van der Waals surface area contributed by atoms with Crippen molar-refractivity contribution in [3.63, 3.8) is 0 Å². The summed E-state index contributed by atoms with van der Waals surface area (Å²) in [7, 11) is 1.74. The van der Waals surface area contributed by atoms with Gasteiger partial charge in [-0.2, -0.15) is 0 Å². The zero-order valence-electron chi connectivity index (χ0n) is 12.0. The molecule has 0 aliphatic heterocycles. The third kappa shape index (κ3) is 4.06. The number of aryl methyl sites for hydroxylation is 1. The minimum absolute atomic E-state index is 0.110. The summed E-state index contributed by atoms with van der Waals surface area (Å²) in [5, 5.41) is 8.52. The minimum atomic E-state index is -0.635. The van der Waals surface area contributed by atoms with Gasteiger partial charge in [-0.25, -0.2) is 0 Å². The minimum Gasteiger partial charge on any atom is -0.326 e. The Balaban J connectivity index is 2.85. The number of rotatable bonds is 4. The summed E-state index contributed by atoms with van der Waals surface area (Å²) in [4.78, 5) is 23.0. The van der Waals surface area contributed by atoms with E-state index in [-0.39, 0.29) is 11.8 Å². The fraction of sp³-hybridized carbons (Fsp3) is 0.429. The van der Waals surface area contributed by atoms with Gasteiger partial charge in [-0.15, -0.1) is 0 Å². The van der Waals surface area contributed by atoms with Gasteiger partial charge in [-0.05, 0) is 51.6 Å². The quantitative estimate of drug-likeness (QED) is 0.777. The lowest BCUT2D eigenvalue weighted by Crippen LogP contribution is -2.47. The van der Waals surface area contributed by atoms with Crippen LogP contribution in [-0.4, -0.2) is 24.4 Å². The zero-order valence-corrected chi connectivity index (χ0v) is 12.0. The molecule has 0 atom stereocenters. The monoisotopic (exact) mass is 263 g/mol. The molecule has 19 heavy (non-hydrogen) atoms. The average Bonchev–Trinajstić information content (AvgIpc) is 2.32. The number of carbonyl (C=O) groups excluding carboxylic acids is 2. The van der Waals surface area contributed by atoms with E-state index in [2.05, 4.69) is 16.0 Å². The normalized spacial score (nSPS) is 11.0. The van der Waals surface area contributed by atoms with Gasteiger partial charge in [0.1, 0.15) is 0 Å². The average molecular weight is 263 g/mol. The van der Waals surface area contributed by atoms with Gasteiger partial charge >= 0.3 is 0 Å². The molecule has 5 heteroatoms. The van der Waals surface area contributed by atoms with E-state index in [0.717, 1.165) is 11.3 Å². The van der Waals surface area contributed by atoms with Crippen LogP contribution in [0.1, 0.15) is 26.3 Å². The molecular formula is C14H21N3O2. The van der Waals surface area contributed by atoms with E-state index in [9.17, 15) is 9.59 Å². The van der Waals surface area contributed by atoms with Crippen LogP contribution in [0.15, 0.2) is 18.2 Å². The van der Waals surface area contributed by atoms with Crippen LogP contribution in [-0.2, 0) is 9.59 Å². The van der Waals surface area contributed by atoms with Crippen molar-refractivity contribution in [1.82, 2.24) is 5.32 Å². The Morgan fingerprint density at radius 3 is 2.26 bits per heavy atom. The highest BCUT2D eigenvalue weighted by Crippen LogP contribution is 2.20. The smallest absolute Gasteiger partial charge is 0.244 e. The molecule has 0 saturated carbocycles. The molecule has 0 heterocycles. The third-order valence-electron chi connectivity index (χ3n) is 2.99. The van der Waals surface area contributed by atoms with Crippen molar-refractivity contribution >= 4 is 23.2 Å². The molecule has 1 rings (SSSR count). The molecule has 0 aliphatic rings. The van der Waals surface area contributed by atoms with Crippen LogP contribution in [0.3, 0.4) is 0 Å². The predicted octanol–water partition coefficient (Wildman–Crippen LogP) is 1.89. The van der Waals surface area contributed by atoms with Gasteiger partial charge in [0, 0.05) is 18.3 Å². The van der Waals surface area contributed by atoms with Gasteiger partial charge in [0.2, 0.25) is 11.8 Å². The number of likely N-dealkylation sites (N-methyl/N-ethyl adjacent to an activating group) is 1. The Kier molecular flexibility index (Phi) is 4.67. The summed E-state index contributed by atoms with van der Waals surface area (Å²) in [6, 6.07) is 5.37. The lowest BCUT2D eigenvalue weighted by Gasteiger charge is -2.23. The predicted molar refractivity (Wildman–Crippen MR) is 77.3 cm³/mol. The largest absolute Gasteiger partial charge is 0.326 e. The van der Waals surface area contributed by atoms with Crippen LogP contribution in [0, 0.1) is 6.92 Å². The van der Waals surface area contributed by atoms with Crippen LogP contribution in [0.2, 0.25) is 0 Å². The maximum Gasteiger partial charge on any atom is 0.244 e. The van der Waals surface area contributed by atoms with Crippen molar-refractivity contribution in [2.75, 3.05) is 17.7 Å². The molecule has 0 radical (unpaired) electrons. The van der Waals surface area contributed by atoms with Gasteiger partial charge in [-0.3, -0.25) is 9.59 Å². The molecule has 0 bridgehead atoms. The molecule has 0 unspecified atom stereocenters. The van der Waals surface area contributed by atoms with Gasteiger partial charge in [-0.1, -0.05) is 0 Å². The topological polar surface area (TPSA) is 70.2 Å². The van der Waals surface area contributed by atoms with Crippen LogP contribution >= 0.6 is 0 Å². The highest BCUT2D eigenvalue weighted by atomic mass is 16.2. The molecule has 1 aromatic rings. The first-order valence-corrected chi connectivity index (χ1v) is 6.15. The van der Waals surface area contributed by atoms with Crippen molar-refractivity contribution in [2.24, 2.45) is 0 Å². The summed E-state index contributed by atoms with van der Waals surface area (Å²) < 4.78 is 0. The van der Waals surface area contributed by atoms with E-state index in [1.54, 1.807) is 33.0 Å². The number of benzene rings is 1. The summed E-state index contributed by atoms with van der Waals surface area (Å²) in [5.41, 5.74) is 1.72. The Bertz CT molecular complexity index is 495. The highest BCUT2D eigenvalue weighted by Gasteiger charge is 2.25. The second kappa shape index (κ2) is 5.84. The standard InChI is InChI=1S/C14H21N3O2/c1-9-8-11(6-7-12(9)16-10(2)18)17-13(19)14(3,4)15-5/h6-8,15H,1-5H3,(H,16,18)(H,17,19). The van der Waals surface area contributed by atoms with Crippen molar-refractivity contribution in [1.29, 1.82) is 0 Å². The highest BCUT2D eigenvalue weighted by molar-refractivity contribution is 5.98. The van der Waals surface area contributed by atoms with Crippen molar-refractivity contribution in [2.45, 2.75) is 33.2 Å². The first kappa shape index (κ1) is 15.2. The molecule has 2 amide bonds. The Hall–Kier alpha value is -1.88. The maximum absolute atomic E-state index is 12.0. The van der Waals surface area contributed by atoms with Gasteiger partial charge < -0.3 is 16.0 Å². The number of hydrogen-bond acceptors (Lipinski definition) is 3. The zero-order chi connectivity index (χ0) is 14.6. The fourth-order valence-electron chi connectivity index (χ4n) is 1.47. The van der Waals surface area contributed by atoms with Crippen LogP contribution < -0.4 is 16.0 Å². The Morgan fingerprint density at radius 1 is 1.16 bits per heavy atom. The molecule has 0 saturated heterocycles. The SMILES string of the molecule is CNC(C)(C)C(=O)Nc1ccc(NC(C)=O)c(C)c1.